The highest BCUT2D eigenvalue weighted by molar-refractivity contribution is 7.92. The number of hydrogen-bond acceptors (Lipinski definition) is 6. The molecule has 3 aromatic carbocycles. The average molecular weight is 680 g/mol. The molecular formula is C32H40ClF2N5O5S. The molecule has 14 heteroatoms. The number of urea groups is 1. The highest BCUT2D eigenvalue weighted by atomic mass is 35.5. The summed E-state index contributed by atoms with van der Waals surface area (Å²) in [7, 11) is -3.35. The maximum absolute atomic E-state index is 14.5. The summed E-state index contributed by atoms with van der Waals surface area (Å²) in [6, 6.07) is 15.6. The number of nitrogens with one attached hydrogen (secondary N) is 3. The van der Waals surface area contributed by atoms with Gasteiger partial charge in [-0.2, -0.15) is 0 Å². The van der Waals surface area contributed by atoms with Gasteiger partial charge in [0.1, 0.15) is 23.1 Å². The molecule has 3 N–H and O–H groups in total. The van der Waals surface area contributed by atoms with Gasteiger partial charge in [-0.3, -0.25) is 14.4 Å². The molecule has 10 nitrogen and oxygen atoms in total. The second-order valence-electron chi connectivity index (χ2n) is 11.1. The molecule has 46 heavy (non-hydrogen) atoms. The molecule has 1 fully saturated rings. The second-order valence-corrected chi connectivity index (χ2v) is 12.9. The van der Waals surface area contributed by atoms with E-state index in [2.05, 4.69) is 20.3 Å². The van der Waals surface area contributed by atoms with E-state index in [4.69, 9.17) is 4.74 Å². The van der Waals surface area contributed by atoms with Crippen LogP contribution in [0.2, 0.25) is 0 Å². The van der Waals surface area contributed by atoms with Crippen molar-refractivity contribution >= 4 is 51.4 Å². The molecule has 0 aliphatic carbocycles. The zero-order chi connectivity index (χ0) is 32.6. The Bertz CT molecular complexity index is 1590. The summed E-state index contributed by atoms with van der Waals surface area (Å²) in [5.41, 5.74) is 1.16. The summed E-state index contributed by atoms with van der Waals surface area (Å²) in [6.45, 7) is 6.02. The van der Waals surface area contributed by atoms with Crippen molar-refractivity contribution in [3.8, 4) is 11.5 Å². The topological polar surface area (TPSA) is 120 Å². The van der Waals surface area contributed by atoms with Crippen LogP contribution in [0.25, 0.3) is 0 Å². The van der Waals surface area contributed by atoms with Crippen LogP contribution < -0.4 is 20.1 Å². The van der Waals surface area contributed by atoms with E-state index in [1.807, 2.05) is 31.2 Å². The third-order valence-electron chi connectivity index (χ3n) is 7.34. The number of hydrogen-bond donors (Lipinski definition) is 3. The first kappa shape index (κ1) is 36.5. The number of anilines is 3. The van der Waals surface area contributed by atoms with Crippen molar-refractivity contribution in [3.05, 3.63) is 77.9 Å². The van der Waals surface area contributed by atoms with E-state index in [1.54, 1.807) is 29.2 Å². The fraction of sp³-hybridized carbons (Fsp3) is 0.375. The van der Waals surface area contributed by atoms with Gasteiger partial charge in [0.25, 0.3) is 0 Å². The van der Waals surface area contributed by atoms with Gasteiger partial charge in [0.2, 0.25) is 15.9 Å². The number of amides is 3. The largest absolute Gasteiger partial charge is 0.457 e. The smallest absolute Gasteiger partial charge is 0.322 e. The van der Waals surface area contributed by atoms with Crippen molar-refractivity contribution < 1.29 is 31.5 Å². The minimum Gasteiger partial charge on any atom is -0.457 e. The Labute approximate surface area is 274 Å². The molecule has 0 saturated carbocycles. The van der Waals surface area contributed by atoms with E-state index in [0.29, 0.717) is 29.8 Å². The van der Waals surface area contributed by atoms with Gasteiger partial charge in [-0.05, 0) is 67.3 Å². The summed E-state index contributed by atoms with van der Waals surface area (Å²) in [6.07, 6.45) is 4.24. The van der Waals surface area contributed by atoms with Crippen molar-refractivity contribution in [1.29, 1.82) is 0 Å². The summed E-state index contributed by atoms with van der Waals surface area (Å²) in [4.78, 5) is 28.7. The van der Waals surface area contributed by atoms with Crippen molar-refractivity contribution in [1.82, 2.24) is 9.80 Å². The third kappa shape index (κ3) is 10.8. The quantitative estimate of drug-likeness (QED) is 0.194. The Hall–Kier alpha value is -3.94. The predicted octanol–water partition coefficient (Wildman–Crippen LogP) is 6.81. The van der Waals surface area contributed by atoms with E-state index in [9.17, 15) is 26.8 Å². The van der Waals surface area contributed by atoms with Crippen LogP contribution in [0.15, 0.2) is 60.7 Å². The zero-order valence-electron chi connectivity index (χ0n) is 26.0. The monoisotopic (exact) mass is 679 g/mol. The molecule has 3 amide bonds. The van der Waals surface area contributed by atoms with Crippen molar-refractivity contribution in [2.75, 3.05) is 41.2 Å². The Balaban J connectivity index is 0.00000576. The standard InChI is InChI=1S/C32H39F2N5O5S.ClH/c1-4-5-16-39(32(41)36-31-20-30(35-22(2)40)28(33)19-29(31)34)25-14-17-38(18-15-25)21-23-6-10-26(11-7-23)44-27-12-8-24(9-13-27)37-45(3,42)43;/h6-13,19-20,25,37H,4-5,14-18,21H2,1-3H3,(H,35,40)(H,36,41);1H. The van der Waals surface area contributed by atoms with E-state index < -0.39 is 33.6 Å². The lowest BCUT2D eigenvalue weighted by Crippen LogP contribution is -2.49. The number of nitrogens with zero attached hydrogens (tertiary/aromatic N) is 2. The van der Waals surface area contributed by atoms with Crippen molar-refractivity contribution in [2.24, 2.45) is 0 Å². The lowest BCUT2D eigenvalue weighted by Gasteiger charge is -2.38. The maximum Gasteiger partial charge on any atom is 0.322 e. The van der Waals surface area contributed by atoms with Gasteiger partial charge in [-0.1, -0.05) is 25.5 Å². The number of sulfonamides is 1. The zero-order valence-corrected chi connectivity index (χ0v) is 27.6. The van der Waals surface area contributed by atoms with Crippen LogP contribution in [0, 0.1) is 11.6 Å². The van der Waals surface area contributed by atoms with Gasteiger partial charge in [0, 0.05) is 50.9 Å². The van der Waals surface area contributed by atoms with Crippen LogP contribution in [-0.2, 0) is 21.4 Å². The SMILES string of the molecule is CCCCN(C(=O)Nc1cc(NC(C)=O)c(F)cc1F)C1CCN(Cc2ccc(Oc3ccc(NS(C)(=O)=O)cc3)cc2)CC1.Cl. The molecule has 0 bridgehead atoms. The number of likely N-dealkylation sites (tertiary alicyclic amines) is 1. The molecule has 0 spiro atoms. The highest BCUT2D eigenvalue weighted by Gasteiger charge is 2.28. The maximum atomic E-state index is 14.5. The second kappa shape index (κ2) is 16.6. The van der Waals surface area contributed by atoms with E-state index in [-0.39, 0.29) is 29.8 Å². The average Bonchev–Trinajstić information content (AvgIpc) is 2.97. The molecule has 0 atom stereocenters. The van der Waals surface area contributed by atoms with Crippen LogP contribution >= 0.6 is 12.4 Å². The molecular weight excluding hydrogens is 640 g/mol. The number of carbonyl (C=O) groups is 2. The summed E-state index contributed by atoms with van der Waals surface area (Å²) >= 11 is 0. The summed E-state index contributed by atoms with van der Waals surface area (Å²) in [5, 5.41) is 4.89. The fourth-order valence-electron chi connectivity index (χ4n) is 5.15. The van der Waals surface area contributed by atoms with Gasteiger partial charge in [0.15, 0.2) is 0 Å². The summed E-state index contributed by atoms with van der Waals surface area (Å²) in [5.74, 6) is -1.12. The van der Waals surface area contributed by atoms with Gasteiger partial charge in [-0.25, -0.2) is 22.0 Å². The third-order valence-corrected chi connectivity index (χ3v) is 7.95. The molecule has 0 unspecified atom stereocenters. The number of ether oxygens (including phenoxy) is 1. The van der Waals surface area contributed by atoms with Crippen LogP contribution in [0.4, 0.5) is 30.6 Å². The molecule has 0 radical (unpaired) electrons. The van der Waals surface area contributed by atoms with Gasteiger partial charge in [0.05, 0.1) is 17.6 Å². The first-order valence-corrected chi connectivity index (χ1v) is 16.7. The molecule has 0 aromatic heterocycles. The normalized spacial score (nSPS) is 13.8. The van der Waals surface area contributed by atoms with Gasteiger partial charge < -0.3 is 20.3 Å². The molecule has 1 aliphatic heterocycles. The minimum absolute atomic E-state index is 0. The van der Waals surface area contributed by atoms with Crippen LogP contribution in [-0.4, -0.2) is 62.1 Å². The number of unbranched alkanes of at least 4 members (excludes halogenated alkanes) is 1. The Morgan fingerprint density at radius 1 is 0.935 bits per heavy atom. The first-order chi connectivity index (χ1) is 21.4. The van der Waals surface area contributed by atoms with E-state index >= 15 is 0 Å². The molecule has 4 rings (SSSR count). The molecule has 250 valence electrons. The van der Waals surface area contributed by atoms with Crippen LogP contribution in [0.1, 0.15) is 45.1 Å². The predicted molar refractivity (Wildman–Crippen MR) is 178 cm³/mol. The lowest BCUT2D eigenvalue weighted by atomic mass is 10.0. The number of piperidine rings is 1. The fourth-order valence-corrected chi connectivity index (χ4v) is 5.71. The van der Waals surface area contributed by atoms with Crippen LogP contribution in [0.3, 0.4) is 0 Å². The van der Waals surface area contributed by atoms with Gasteiger partial charge >= 0.3 is 6.03 Å². The minimum atomic E-state index is -3.35. The van der Waals surface area contributed by atoms with Crippen molar-refractivity contribution in [2.45, 2.75) is 52.1 Å². The lowest BCUT2D eigenvalue weighted by molar-refractivity contribution is -0.114. The number of rotatable bonds is 12. The molecule has 1 heterocycles. The Morgan fingerprint density at radius 3 is 2.04 bits per heavy atom. The number of carbonyl (C=O) groups excluding carboxylic acids is 2. The Kier molecular flexibility index (Phi) is 13.2. The van der Waals surface area contributed by atoms with Crippen LogP contribution in [0.5, 0.6) is 11.5 Å². The van der Waals surface area contributed by atoms with E-state index in [1.165, 1.54) is 6.92 Å². The van der Waals surface area contributed by atoms with E-state index in [0.717, 1.165) is 63.2 Å². The van der Waals surface area contributed by atoms with Crippen molar-refractivity contribution in [3.63, 3.8) is 0 Å². The summed E-state index contributed by atoms with van der Waals surface area (Å²) < 4.78 is 59.7. The molecule has 3 aromatic rings. The molecule has 1 saturated heterocycles. The number of benzene rings is 3. The molecule has 1 aliphatic rings. The Morgan fingerprint density at radius 2 is 1.50 bits per heavy atom. The highest BCUT2D eigenvalue weighted by Crippen LogP contribution is 2.27. The number of halogens is 3. The van der Waals surface area contributed by atoms with Gasteiger partial charge in [-0.15, -0.1) is 12.4 Å². The first-order valence-electron chi connectivity index (χ1n) is 14.8.